The van der Waals surface area contributed by atoms with Crippen LogP contribution in [0, 0.1) is 0 Å². The summed E-state index contributed by atoms with van der Waals surface area (Å²) in [6.07, 6.45) is 7.04. The standard InChI is InChI=1S/C15H26ClN3O2/c1-4-9-17-15(3,14(20)21-5-2)8-6-7-10-19-12-13(16)11-18-19/h11-12,17H,4-10H2,1-3H3. The third kappa shape index (κ3) is 6.06. The second-order valence-corrected chi connectivity index (χ2v) is 5.79. The van der Waals surface area contributed by atoms with Crippen LogP contribution in [0.15, 0.2) is 12.4 Å². The highest BCUT2D eigenvalue weighted by Crippen LogP contribution is 2.17. The molecular weight excluding hydrogens is 290 g/mol. The number of hydrogen-bond donors (Lipinski definition) is 1. The van der Waals surface area contributed by atoms with Gasteiger partial charge in [0.25, 0.3) is 0 Å². The van der Waals surface area contributed by atoms with E-state index in [1.807, 2.05) is 18.5 Å². The zero-order valence-electron chi connectivity index (χ0n) is 13.2. The summed E-state index contributed by atoms with van der Waals surface area (Å²) in [5, 5.41) is 8.11. The van der Waals surface area contributed by atoms with Gasteiger partial charge >= 0.3 is 5.97 Å². The monoisotopic (exact) mass is 315 g/mol. The number of ether oxygens (including phenoxy) is 1. The van der Waals surface area contributed by atoms with E-state index in [2.05, 4.69) is 17.3 Å². The van der Waals surface area contributed by atoms with Crippen molar-refractivity contribution in [3.05, 3.63) is 17.4 Å². The summed E-state index contributed by atoms with van der Waals surface area (Å²) in [4.78, 5) is 12.1. The summed E-state index contributed by atoms with van der Waals surface area (Å²) in [5.74, 6) is -0.166. The molecule has 1 atom stereocenters. The number of carbonyl (C=O) groups is 1. The molecule has 21 heavy (non-hydrogen) atoms. The van der Waals surface area contributed by atoms with Crippen molar-refractivity contribution in [2.24, 2.45) is 0 Å². The lowest BCUT2D eigenvalue weighted by atomic mass is 9.94. The van der Waals surface area contributed by atoms with Gasteiger partial charge in [0.15, 0.2) is 0 Å². The number of carbonyl (C=O) groups excluding carboxylic acids is 1. The Kier molecular flexibility index (Phi) is 7.75. The maximum absolute atomic E-state index is 12.1. The van der Waals surface area contributed by atoms with Crippen LogP contribution in [0.3, 0.4) is 0 Å². The van der Waals surface area contributed by atoms with Crippen LogP contribution in [0.2, 0.25) is 5.02 Å². The van der Waals surface area contributed by atoms with E-state index in [1.54, 1.807) is 12.4 Å². The van der Waals surface area contributed by atoms with E-state index in [0.717, 1.165) is 38.8 Å². The van der Waals surface area contributed by atoms with Crippen molar-refractivity contribution in [2.75, 3.05) is 13.2 Å². The molecule has 0 bridgehead atoms. The lowest BCUT2D eigenvalue weighted by Gasteiger charge is -2.28. The fourth-order valence-electron chi connectivity index (χ4n) is 2.17. The summed E-state index contributed by atoms with van der Waals surface area (Å²) >= 11 is 5.82. The topological polar surface area (TPSA) is 56.2 Å². The van der Waals surface area contributed by atoms with Crippen LogP contribution in [0.5, 0.6) is 0 Å². The van der Waals surface area contributed by atoms with Crippen LogP contribution in [0.25, 0.3) is 0 Å². The molecule has 0 aliphatic heterocycles. The van der Waals surface area contributed by atoms with Crippen molar-refractivity contribution in [3.8, 4) is 0 Å². The molecular formula is C15H26ClN3O2. The number of aromatic nitrogens is 2. The van der Waals surface area contributed by atoms with Crippen molar-refractivity contribution >= 4 is 17.6 Å². The third-order valence-electron chi connectivity index (χ3n) is 3.41. The highest BCUT2D eigenvalue weighted by molar-refractivity contribution is 6.30. The van der Waals surface area contributed by atoms with Gasteiger partial charge in [0.1, 0.15) is 5.54 Å². The number of hydrogen-bond acceptors (Lipinski definition) is 4. The minimum absolute atomic E-state index is 0.166. The Morgan fingerprint density at radius 1 is 1.48 bits per heavy atom. The SMILES string of the molecule is CCCNC(C)(CCCCn1cc(Cl)cn1)C(=O)OCC. The summed E-state index contributed by atoms with van der Waals surface area (Å²) in [5.41, 5.74) is -0.603. The molecule has 0 fully saturated rings. The summed E-state index contributed by atoms with van der Waals surface area (Å²) in [7, 11) is 0. The zero-order valence-corrected chi connectivity index (χ0v) is 13.9. The van der Waals surface area contributed by atoms with E-state index in [4.69, 9.17) is 16.3 Å². The predicted molar refractivity (Wildman–Crippen MR) is 84.4 cm³/mol. The molecule has 1 aromatic heterocycles. The van der Waals surface area contributed by atoms with Gasteiger partial charge < -0.3 is 10.1 Å². The van der Waals surface area contributed by atoms with E-state index < -0.39 is 5.54 Å². The van der Waals surface area contributed by atoms with E-state index in [-0.39, 0.29) is 5.97 Å². The quantitative estimate of drug-likeness (QED) is 0.532. The minimum Gasteiger partial charge on any atom is -0.465 e. The van der Waals surface area contributed by atoms with Crippen LogP contribution in [0.1, 0.15) is 46.5 Å². The van der Waals surface area contributed by atoms with E-state index >= 15 is 0 Å². The average molecular weight is 316 g/mol. The minimum atomic E-state index is -0.603. The van der Waals surface area contributed by atoms with Crippen LogP contribution in [0.4, 0.5) is 0 Å². The lowest BCUT2D eigenvalue weighted by Crippen LogP contribution is -2.50. The van der Waals surface area contributed by atoms with Crippen molar-refractivity contribution < 1.29 is 9.53 Å². The molecule has 1 heterocycles. The Bertz CT molecular complexity index is 436. The molecule has 6 heteroatoms. The van der Waals surface area contributed by atoms with Crippen LogP contribution in [-0.2, 0) is 16.1 Å². The molecule has 0 aliphatic carbocycles. The fourth-order valence-corrected chi connectivity index (χ4v) is 2.32. The highest BCUT2D eigenvalue weighted by atomic mass is 35.5. The zero-order chi connectivity index (χ0) is 15.7. The van der Waals surface area contributed by atoms with Crippen LogP contribution < -0.4 is 5.32 Å². The Morgan fingerprint density at radius 2 is 2.24 bits per heavy atom. The maximum Gasteiger partial charge on any atom is 0.326 e. The molecule has 5 nitrogen and oxygen atoms in total. The van der Waals surface area contributed by atoms with Gasteiger partial charge in [0.2, 0.25) is 0 Å². The van der Waals surface area contributed by atoms with E-state index in [1.165, 1.54) is 0 Å². The molecule has 1 rings (SSSR count). The molecule has 0 amide bonds. The lowest BCUT2D eigenvalue weighted by molar-refractivity contribution is -0.150. The number of esters is 1. The van der Waals surface area contributed by atoms with Gasteiger partial charge in [-0.15, -0.1) is 0 Å². The summed E-state index contributed by atoms with van der Waals surface area (Å²) in [6, 6.07) is 0. The molecule has 0 radical (unpaired) electrons. The first-order valence-electron chi connectivity index (χ1n) is 7.62. The first-order chi connectivity index (χ1) is 10.0. The summed E-state index contributed by atoms with van der Waals surface area (Å²) < 4.78 is 7.01. The highest BCUT2D eigenvalue weighted by Gasteiger charge is 2.33. The molecule has 0 saturated heterocycles. The molecule has 120 valence electrons. The second-order valence-electron chi connectivity index (χ2n) is 5.36. The molecule has 1 aromatic rings. The molecule has 0 spiro atoms. The predicted octanol–water partition coefficient (Wildman–Crippen LogP) is 3.03. The van der Waals surface area contributed by atoms with Gasteiger partial charge in [-0.05, 0) is 46.1 Å². The van der Waals surface area contributed by atoms with Gasteiger partial charge in [-0.1, -0.05) is 18.5 Å². The van der Waals surface area contributed by atoms with Crippen molar-refractivity contribution in [1.29, 1.82) is 0 Å². The Hall–Kier alpha value is -1.07. The number of aryl methyl sites for hydroxylation is 1. The van der Waals surface area contributed by atoms with Gasteiger partial charge in [-0.25, -0.2) is 0 Å². The van der Waals surface area contributed by atoms with Crippen LogP contribution >= 0.6 is 11.6 Å². The molecule has 1 N–H and O–H groups in total. The van der Waals surface area contributed by atoms with Gasteiger partial charge in [-0.2, -0.15) is 5.10 Å². The molecule has 0 aliphatic rings. The Morgan fingerprint density at radius 3 is 2.81 bits per heavy atom. The summed E-state index contributed by atoms with van der Waals surface area (Å²) in [6.45, 7) is 7.86. The molecule has 0 aromatic carbocycles. The van der Waals surface area contributed by atoms with E-state index in [9.17, 15) is 4.79 Å². The van der Waals surface area contributed by atoms with E-state index in [0.29, 0.717) is 11.6 Å². The van der Waals surface area contributed by atoms with Gasteiger partial charge in [0, 0.05) is 12.7 Å². The van der Waals surface area contributed by atoms with Gasteiger partial charge in [-0.3, -0.25) is 9.48 Å². The average Bonchev–Trinajstić information content (AvgIpc) is 2.87. The van der Waals surface area contributed by atoms with Crippen molar-refractivity contribution in [3.63, 3.8) is 0 Å². The molecule has 1 unspecified atom stereocenters. The van der Waals surface area contributed by atoms with Crippen LogP contribution in [-0.4, -0.2) is 34.4 Å². The Labute approximate surface area is 132 Å². The first-order valence-corrected chi connectivity index (χ1v) is 8.00. The van der Waals surface area contributed by atoms with Crippen molar-refractivity contribution in [2.45, 2.75) is 58.5 Å². The third-order valence-corrected chi connectivity index (χ3v) is 3.60. The number of nitrogens with one attached hydrogen (secondary N) is 1. The Balaban J connectivity index is 2.43. The maximum atomic E-state index is 12.1. The fraction of sp³-hybridized carbons (Fsp3) is 0.733. The second kappa shape index (κ2) is 9.05. The van der Waals surface area contributed by atoms with Gasteiger partial charge in [0.05, 0.1) is 17.8 Å². The number of unbranched alkanes of at least 4 members (excludes halogenated alkanes) is 1. The van der Waals surface area contributed by atoms with Crippen molar-refractivity contribution in [1.82, 2.24) is 15.1 Å². The molecule has 0 saturated carbocycles. The normalized spacial score (nSPS) is 13.9. The number of nitrogens with zero attached hydrogens (tertiary/aromatic N) is 2. The first kappa shape index (κ1) is 18.0. The number of rotatable bonds is 10. The number of halogens is 1. The smallest absolute Gasteiger partial charge is 0.326 e. The largest absolute Gasteiger partial charge is 0.465 e.